The molecule has 0 bridgehead atoms. The van der Waals surface area contributed by atoms with Gasteiger partial charge in [0.15, 0.2) is 0 Å². The maximum absolute atomic E-state index is 12.0. The Morgan fingerprint density at radius 3 is 2.90 bits per heavy atom. The van der Waals surface area contributed by atoms with Gasteiger partial charge in [-0.1, -0.05) is 6.92 Å². The molecular formula is C14H23N3O3. The third kappa shape index (κ3) is 3.58. The van der Waals surface area contributed by atoms with Gasteiger partial charge in [0.2, 0.25) is 0 Å². The molecule has 6 heteroatoms. The molecule has 1 saturated heterocycles. The Morgan fingerprint density at radius 1 is 1.55 bits per heavy atom. The van der Waals surface area contributed by atoms with E-state index in [0.717, 1.165) is 18.8 Å². The summed E-state index contributed by atoms with van der Waals surface area (Å²) in [7, 11) is 0. The van der Waals surface area contributed by atoms with E-state index in [0.29, 0.717) is 13.0 Å². The summed E-state index contributed by atoms with van der Waals surface area (Å²) >= 11 is 0. The fraction of sp³-hybridized carbons (Fsp3) is 0.714. The molecule has 0 aromatic carbocycles. The van der Waals surface area contributed by atoms with Crippen molar-refractivity contribution in [2.24, 2.45) is 0 Å². The summed E-state index contributed by atoms with van der Waals surface area (Å²) in [6.07, 6.45) is 1.76. The summed E-state index contributed by atoms with van der Waals surface area (Å²) in [6, 6.07) is 1.58. The van der Waals surface area contributed by atoms with Gasteiger partial charge in [-0.3, -0.25) is 4.79 Å². The molecule has 0 saturated carbocycles. The lowest BCUT2D eigenvalue weighted by atomic mass is 10.1. The zero-order valence-electron chi connectivity index (χ0n) is 12.4. The molecule has 1 N–H and O–H groups in total. The summed E-state index contributed by atoms with van der Waals surface area (Å²) in [4.78, 5) is 14.1. The van der Waals surface area contributed by atoms with E-state index >= 15 is 0 Å². The van der Waals surface area contributed by atoms with Gasteiger partial charge >= 0.3 is 0 Å². The molecule has 1 aliphatic rings. The van der Waals surface area contributed by atoms with Crippen LogP contribution in [0.5, 0.6) is 0 Å². The average Bonchev–Trinajstić information content (AvgIpc) is 2.39. The molecular weight excluding hydrogens is 258 g/mol. The quantitative estimate of drug-likeness (QED) is 0.876. The second kappa shape index (κ2) is 5.93. The lowest BCUT2D eigenvalue weighted by molar-refractivity contribution is -0.0277. The fourth-order valence-electron chi connectivity index (χ4n) is 2.30. The van der Waals surface area contributed by atoms with Crippen LogP contribution in [-0.2, 0) is 11.3 Å². The number of rotatable bonds is 4. The van der Waals surface area contributed by atoms with Gasteiger partial charge in [-0.05, 0) is 20.3 Å². The number of hydrogen-bond acceptors (Lipinski definition) is 5. The van der Waals surface area contributed by atoms with E-state index in [2.05, 4.69) is 10.00 Å². The van der Waals surface area contributed by atoms with Crippen LogP contribution in [0, 0.1) is 0 Å². The maximum Gasteiger partial charge on any atom is 0.268 e. The second-order valence-corrected chi connectivity index (χ2v) is 5.83. The van der Waals surface area contributed by atoms with Gasteiger partial charge in [0.1, 0.15) is 0 Å². The molecule has 1 unspecified atom stereocenters. The minimum absolute atomic E-state index is 0.181. The number of aliphatic hydroxyl groups is 1. The maximum atomic E-state index is 12.0. The fourth-order valence-corrected chi connectivity index (χ4v) is 2.30. The Hall–Kier alpha value is -1.40. The van der Waals surface area contributed by atoms with Gasteiger partial charge in [-0.25, -0.2) is 4.68 Å². The molecule has 20 heavy (non-hydrogen) atoms. The van der Waals surface area contributed by atoms with E-state index in [4.69, 9.17) is 4.74 Å². The van der Waals surface area contributed by atoms with Crippen molar-refractivity contribution in [3.63, 3.8) is 0 Å². The Morgan fingerprint density at radius 2 is 2.30 bits per heavy atom. The number of aromatic nitrogens is 2. The van der Waals surface area contributed by atoms with Crippen LogP contribution in [-0.4, -0.2) is 46.3 Å². The van der Waals surface area contributed by atoms with E-state index in [-0.39, 0.29) is 17.7 Å². The topological polar surface area (TPSA) is 67.6 Å². The lowest BCUT2D eigenvalue weighted by Crippen LogP contribution is -2.48. The third-order valence-corrected chi connectivity index (χ3v) is 3.50. The van der Waals surface area contributed by atoms with Crippen LogP contribution in [0.25, 0.3) is 0 Å². The van der Waals surface area contributed by atoms with Crippen LogP contribution in [0.15, 0.2) is 17.1 Å². The lowest BCUT2D eigenvalue weighted by Gasteiger charge is -2.39. The summed E-state index contributed by atoms with van der Waals surface area (Å²) in [5.74, 6) is 0. The normalized spacial score (nSPS) is 19.9. The molecule has 1 atom stereocenters. The average molecular weight is 281 g/mol. The van der Waals surface area contributed by atoms with Gasteiger partial charge in [0.25, 0.3) is 5.56 Å². The highest BCUT2D eigenvalue weighted by atomic mass is 16.5. The highest BCUT2D eigenvalue weighted by molar-refractivity contribution is 5.43. The van der Waals surface area contributed by atoms with Crippen LogP contribution >= 0.6 is 0 Å². The highest BCUT2D eigenvalue weighted by Gasteiger charge is 2.27. The SMILES string of the molecule is CCC(O)Cn1ncc(N2CCOC(C)(C)C2)cc1=O. The van der Waals surface area contributed by atoms with Crippen molar-refractivity contribution in [2.45, 2.75) is 45.4 Å². The van der Waals surface area contributed by atoms with Crippen LogP contribution < -0.4 is 10.5 Å². The van der Waals surface area contributed by atoms with Crippen molar-refractivity contribution in [1.29, 1.82) is 0 Å². The summed E-state index contributed by atoms with van der Waals surface area (Å²) in [5, 5.41) is 13.7. The largest absolute Gasteiger partial charge is 0.391 e. The summed E-state index contributed by atoms with van der Waals surface area (Å²) in [6.45, 7) is 8.31. The minimum atomic E-state index is -0.534. The first kappa shape index (κ1) is 15.0. The number of nitrogens with zero attached hydrogens (tertiary/aromatic N) is 3. The monoisotopic (exact) mass is 281 g/mol. The zero-order valence-corrected chi connectivity index (χ0v) is 12.4. The Bertz CT molecular complexity index is 513. The van der Waals surface area contributed by atoms with Gasteiger partial charge in [0, 0.05) is 19.2 Å². The molecule has 0 amide bonds. The van der Waals surface area contributed by atoms with Crippen LogP contribution in [0.1, 0.15) is 27.2 Å². The number of ether oxygens (including phenoxy) is 1. The Kier molecular flexibility index (Phi) is 4.45. The predicted octanol–water partition coefficient (Wildman–Crippen LogP) is 0.629. The van der Waals surface area contributed by atoms with Gasteiger partial charge in [0.05, 0.1) is 36.7 Å². The van der Waals surface area contributed by atoms with Gasteiger partial charge in [-0.2, -0.15) is 5.10 Å². The van der Waals surface area contributed by atoms with E-state index < -0.39 is 6.10 Å². The van der Waals surface area contributed by atoms with Gasteiger partial charge in [-0.15, -0.1) is 0 Å². The summed E-state index contributed by atoms with van der Waals surface area (Å²) < 4.78 is 6.97. The highest BCUT2D eigenvalue weighted by Crippen LogP contribution is 2.21. The molecule has 0 spiro atoms. The van der Waals surface area contributed by atoms with Crippen molar-refractivity contribution >= 4 is 5.69 Å². The first-order valence-corrected chi connectivity index (χ1v) is 7.05. The molecule has 112 valence electrons. The molecule has 2 heterocycles. The zero-order chi connectivity index (χ0) is 14.8. The van der Waals surface area contributed by atoms with Crippen molar-refractivity contribution in [3.8, 4) is 0 Å². The number of aliphatic hydroxyl groups excluding tert-OH is 1. The standard InChI is InChI=1S/C14H23N3O3/c1-4-12(18)9-17-13(19)7-11(8-15-17)16-5-6-20-14(2,3)10-16/h7-8,12,18H,4-6,9-10H2,1-3H3. The number of morpholine rings is 1. The first-order chi connectivity index (χ1) is 9.41. The van der Waals surface area contributed by atoms with E-state index in [1.165, 1.54) is 4.68 Å². The van der Waals surface area contributed by atoms with Crippen molar-refractivity contribution in [1.82, 2.24) is 9.78 Å². The van der Waals surface area contributed by atoms with Crippen LogP contribution in [0.2, 0.25) is 0 Å². The van der Waals surface area contributed by atoms with E-state index in [1.54, 1.807) is 12.3 Å². The minimum Gasteiger partial charge on any atom is -0.391 e. The smallest absolute Gasteiger partial charge is 0.268 e. The molecule has 2 rings (SSSR count). The van der Waals surface area contributed by atoms with E-state index in [1.807, 2.05) is 20.8 Å². The van der Waals surface area contributed by atoms with E-state index in [9.17, 15) is 9.90 Å². The molecule has 0 aliphatic carbocycles. The second-order valence-electron chi connectivity index (χ2n) is 5.83. The Balaban J connectivity index is 2.14. The first-order valence-electron chi connectivity index (χ1n) is 7.05. The molecule has 1 aromatic heterocycles. The van der Waals surface area contributed by atoms with Crippen molar-refractivity contribution < 1.29 is 9.84 Å². The van der Waals surface area contributed by atoms with Crippen LogP contribution in [0.3, 0.4) is 0 Å². The van der Waals surface area contributed by atoms with Crippen molar-refractivity contribution in [2.75, 3.05) is 24.6 Å². The number of anilines is 1. The number of hydrogen-bond donors (Lipinski definition) is 1. The Labute approximate surface area is 119 Å². The molecule has 1 fully saturated rings. The third-order valence-electron chi connectivity index (χ3n) is 3.50. The summed E-state index contributed by atoms with van der Waals surface area (Å²) in [5.41, 5.74) is 0.416. The molecule has 0 radical (unpaired) electrons. The van der Waals surface area contributed by atoms with Crippen LogP contribution in [0.4, 0.5) is 5.69 Å². The predicted molar refractivity (Wildman–Crippen MR) is 77.0 cm³/mol. The van der Waals surface area contributed by atoms with Gasteiger partial charge < -0.3 is 14.7 Å². The molecule has 1 aliphatic heterocycles. The molecule has 1 aromatic rings. The molecule has 6 nitrogen and oxygen atoms in total. The van der Waals surface area contributed by atoms with Crippen molar-refractivity contribution in [3.05, 3.63) is 22.6 Å².